The summed E-state index contributed by atoms with van der Waals surface area (Å²) in [4.78, 5) is 33.5. The molecule has 1 N–H and O–H groups in total. The van der Waals surface area contributed by atoms with Crippen LogP contribution < -0.4 is 5.32 Å². The number of anilines is 1. The van der Waals surface area contributed by atoms with E-state index in [2.05, 4.69) is 10.3 Å². The molecule has 27 heavy (non-hydrogen) atoms. The Balaban J connectivity index is 1.48. The molecule has 0 saturated carbocycles. The summed E-state index contributed by atoms with van der Waals surface area (Å²) in [5, 5.41) is 3.51. The number of hydrogen-bond acceptors (Lipinski definition) is 3. The maximum absolute atomic E-state index is 12.8. The third-order valence-corrected chi connectivity index (χ3v) is 5.46. The van der Waals surface area contributed by atoms with E-state index < -0.39 is 0 Å². The van der Waals surface area contributed by atoms with E-state index in [0.717, 1.165) is 12.8 Å². The van der Waals surface area contributed by atoms with Gasteiger partial charge in [0.1, 0.15) is 5.69 Å². The van der Waals surface area contributed by atoms with Gasteiger partial charge in [-0.25, -0.2) is 4.79 Å². The van der Waals surface area contributed by atoms with Crippen LogP contribution in [0.15, 0.2) is 48.7 Å². The summed E-state index contributed by atoms with van der Waals surface area (Å²) in [7, 11) is 0. The molecule has 3 amide bonds. The average molecular weight is 385 g/mol. The Morgan fingerprint density at radius 3 is 2.74 bits per heavy atom. The van der Waals surface area contributed by atoms with Crippen LogP contribution in [0.5, 0.6) is 0 Å². The van der Waals surface area contributed by atoms with Gasteiger partial charge in [-0.05, 0) is 49.1 Å². The smallest absolute Gasteiger partial charge is 0.322 e. The Morgan fingerprint density at radius 2 is 1.96 bits per heavy atom. The van der Waals surface area contributed by atoms with Gasteiger partial charge < -0.3 is 15.1 Å². The number of rotatable bonds is 2. The lowest BCUT2D eigenvalue weighted by molar-refractivity contribution is 0.0737. The second-order valence-corrected chi connectivity index (χ2v) is 7.55. The second kappa shape index (κ2) is 7.56. The Kier molecular flexibility index (Phi) is 4.99. The molecule has 7 heteroatoms. The van der Waals surface area contributed by atoms with Gasteiger partial charge in [-0.3, -0.25) is 9.78 Å². The molecule has 1 aromatic heterocycles. The predicted molar refractivity (Wildman–Crippen MR) is 104 cm³/mol. The normalized spacial score (nSPS) is 21.7. The molecular formula is C20H21ClN4O2. The van der Waals surface area contributed by atoms with Crippen molar-refractivity contribution in [2.75, 3.05) is 25.0 Å². The number of urea groups is 1. The number of nitrogens with zero attached hydrogens (tertiary/aromatic N) is 3. The highest BCUT2D eigenvalue weighted by molar-refractivity contribution is 6.30. The molecule has 0 spiro atoms. The predicted octanol–water partition coefficient (Wildman–Crippen LogP) is 3.50. The van der Waals surface area contributed by atoms with Crippen molar-refractivity contribution in [2.24, 2.45) is 5.92 Å². The van der Waals surface area contributed by atoms with E-state index in [1.807, 2.05) is 21.9 Å². The zero-order valence-electron chi connectivity index (χ0n) is 14.8. The summed E-state index contributed by atoms with van der Waals surface area (Å²) in [6, 6.07) is 12.3. The zero-order chi connectivity index (χ0) is 18.8. The number of pyridine rings is 1. The number of nitrogens with one attached hydrogen (secondary N) is 1. The van der Waals surface area contributed by atoms with Gasteiger partial charge in [-0.15, -0.1) is 0 Å². The highest BCUT2D eigenvalue weighted by Crippen LogP contribution is 2.29. The van der Waals surface area contributed by atoms with Crippen molar-refractivity contribution < 1.29 is 9.59 Å². The minimum atomic E-state index is -0.140. The van der Waals surface area contributed by atoms with Gasteiger partial charge in [0, 0.05) is 36.5 Å². The number of fused-ring (bicyclic) bond motifs is 4. The summed E-state index contributed by atoms with van der Waals surface area (Å²) in [5.74, 6) is 0.214. The summed E-state index contributed by atoms with van der Waals surface area (Å²) in [6.07, 6.45) is 3.56. The molecule has 2 atom stereocenters. The standard InChI is InChI=1S/C20H21ClN4O2/c21-15-4-3-5-16(10-15)23-20(27)25-12-14-7-8-17(25)13-24(11-14)19(26)18-6-1-2-9-22-18/h1-6,9-10,14,17H,7-8,11-13H2,(H,23,27)/t14-,17+/m0/s1. The van der Waals surface area contributed by atoms with Gasteiger partial charge in [0.2, 0.25) is 0 Å². The fraction of sp³-hybridized carbons (Fsp3) is 0.350. The molecule has 5 rings (SSSR count). The van der Waals surface area contributed by atoms with Crippen molar-refractivity contribution in [2.45, 2.75) is 18.9 Å². The summed E-state index contributed by atoms with van der Waals surface area (Å²) >= 11 is 6.00. The van der Waals surface area contributed by atoms with Crippen molar-refractivity contribution in [1.29, 1.82) is 0 Å². The monoisotopic (exact) mass is 384 g/mol. The highest BCUT2D eigenvalue weighted by Gasteiger charge is 2.39. The molecule has 2 bridgehead atoms. The highest BCUT2D eigenvalue weighted by atomic mass is 35.5. The first-order valence-electron chi connectivity index (χ1n) is 9.13. The molecule has 3 fully saturated rings. The SMILES string of the molecule is O=C(c1ccccn1)N1C[C@@H]2CC[C@H](C1)N(C(=O)Nc1cccc(Cl)c1)C2. The fourth-order valence-electron chi connectivity index (χ4n) is 3.91. The maximum Gasteiger partial charge on any atom is 0.322 e. The zero-order valence-corrected chi connectivity index (χ0v) is 15.6. The quantitative estimate of drug-likeness (QED) is 0.861. The van der Waals surface area contributed by atoms with Gasteiger partial charge in [0.15, 0.2) is 0 Å². The van der Waals surface area contributed by atoms with E-state index in [0.29, 0.717) is 36.0 Å². The van der Waals surface area contributed by atoms with Crippen LogP contribution in [-0.2, 0) is 0 Å². The molecule has 0 radical (unpaired) electrons. The molecule has 3 aliphatic heterocycles. The largest absolute Gasteiger partial charge is 0.335 e. The minimum absolute atomic E-state index is 0.00981. The maximum atomic E-state index is 12.8. The Labute approximate surface area is 163 Å². The van der Waals surface area contributed by atoms with Crippen molar-refractivity contribution in [1.82, 2.24) is 14.8 Å². The molecule has 1 aromatic carbocycles. The molecule has 3 saturated heterocycles. The Hall–Kier alpha value is -2.60. The number of amides is 3. The molecule has 0 unspecified atom stereocenters. The number of carbonyl (C=O) groups is 2. The number of hydrogen-bond donors (Lipinski definition) is 1. The third kappa shape index (κ3) is 3.90. The Bertz CT molecular complexity index is 845. The fourth-order valence-corrected chi connectivity index (χ4v) is 4.10. The Morgan fingerprint density at radius 1 is 1.07 bits per heavy atom. The van der Waals surface area contributed by atoms with Gasteiger partial charge in [0.05, 0.1) is 6.04 Å². The van der Waals surface area contributed by atoms with E-state index in [4.69, 9.17) is 11.6 Å². The number of benzene rings is 1. The van der Waals surface area contributed by atoms with Crippen molar-refractivity contribution in [3.63, 3.8) is 0 Å². The molecule has 6 nitrogen and oxygen atoms in total. The van der Waals surface area contributed by atoms with E-state index in [9.17, 15) is 9.59 Å². The summed E-state index contributed by atoms with van der Waals surface area (Å²) in [6.45, 7) is 1.85. The molecule has 3 aliphatic rings. The van der Waals surface area contributed by atoms with Crippen molar-refractivity contribution in [3.05, 3.63) is 59.4 Å². The topological polar surface area (TPSA) is 65.5 Å². The van der Waals surface area contributed by atoms with Gasteiger partial charge in [-0.2, -0.15) is 0 Å². The van der Waals surface area contributed by atoms with Gasteiger partial charge in [0.25, 0.3) is 5.91 Å². The van der Waals surface area contributed by atoms with Crippen LogP contribution in [0.1, 0.15) is 23.3 Å². The van der Waals surface area contributed by atoms with Crippen molar-refractivity contribution in [3.8, 4) is 0 Å². The first-order chi connectivity index (χ1) is 13.1. The van der Waals surface area contributed by atoms with Crippen LogP contribution in [0.4, 0.5) is 10.5 Å². The van der Waals surface area contributed by atoms with Crippen molar-refractivity contribution >= 4 is 29.2 Å². The van der Waals surface area contributed by atoms with E-state index in [1.165, 1.54) is 0 Å². The van der Waals surface area contributed by atoms with Gasteiger partial charge in [-0.1, -0.05) is 23.7 Å². The molecule has 140 valence electrons. The van der Waals surface area contributed by atoms with Crippen LogP contribution in [0, 0.1) is 5.92 Å². The summed E-state index contributed by atoms with van der Waals surface area (Å²) in [5.41, 5.74) is 1.13. The van der Waals surface area contributed by atoms with Crippen LogP contribution in [0.2, 0.25) is 5.02 Å². The second-order valence-electron chi connectivity index (χ2n) is 7.12. The van der Waals surface area contributed by atoms with Crippen LogP contribution >= 0.6 is 11.6 Å². The van der Waals surface area contributed by atoms with Crippen LogP contribution in [0.3, 0.4) is 0 Å². The van der Waals surface area contributed by atoms with E-state index in [1.54, 1.807) is 36.5 Å². The van der Waals surface area contributed by atoms with E-state index in [-0.39, 0.29) is 23.9 Å². The molecular weight excluding hydrogens is 364 g/mol. The number of carbonyl (C=O) groups excluding carboxylic acids is 2. The average Bonchev–Trinajstić information content (AvgIpc) is 3.00. The minimum Gasteiger partial charge on any atom is -0.335 e. The molecule has 2 aromatic rings. The number of piperidine rings is 1. The lowest BCUT2D eigenvalue weighted by Crippen LogP contribution is -2.49. The summed E-state index contributed by atoms with van der Waals surface area (Å²) < 4.78 is 0. The van der Waals surface area contributed by atoms with Crippen LogP contribution in [0.25, 0.3) is 0 Å². The third-order valence-electron chi connectivity index (χ3n) is 5.22. The lowest BCUT2D eigenvalue weighted by Gasteiger charge is -2.35. The van der Waals surface area contributed by atoms with Crippen LogP contribution in [-0.4, -0.2) is 52.4 Å². The molecule has 0 aliphatic carbocycles. The first-order valence-corrected chi connectivity index (χ1v) is 9.51. The first kappa shape index (κ1) is 17.8. The number of halogens is 1. The lowest BCUT2D eigenvalue weighted by atomic mass is 9.95. The van der Waals surface area contributed by atoms with Gasteiger partial charge >= 0.3 is 6.03 Å². The number of aromatic nitrogens is 1. The molecule has 4 heterocycles. The van der Waals surface area contributed by atoms with E-state index >= 15 is 0 Å².